The van der Waals surface area contributed by atoms with Crippen LogP contribution in [0.1, 0.15) is 124 Å². The Labute approximate surface area is 312 Å². The van der Waals surface area contributed by atoms with Crippen LogP contribution in [-0.4, -0.2) is 57.8 Å². The van der Waals surface area contributed by atoms with Crippen LogP contribution < -0.4 is 10.6 Å². The number of carbonyl (C=O) groups excluding carboxylic acids is 2. The molecule has 2 aromatic carbocycles. The number of aryl methyl sites for hydroxylation is 1. The predicted octanol–water partition coefficient (Wildman–Crippen LogP) is 8.08. The van der Waals surface area contributed by atoms with Crippen molar-refractivity contribution in [2.24, 2.45) is 46.5 Å². The number of benzene rings is 2. The Kier molecular flexibility index (Phi) is 8.82. The summed E-state index contributed by atoms with van der Waals surface area (Å²) in [6.45, 7) is 6.73. The Morgan fingerprint density at radius 2 is 1.83 bits per heavy atom. The van der Waals surface area contributed by atoms with E-state index in [2.05, 4.69) is 58.8 Å². The zero-order valence-corrected chi connectivity index (χ0v) is 31.4. The quantitative estimate of drug-likeness (QED) is 0.215. The lowest BCUT2D eigenvalue weighted by molar-refractivity contribution is -0.145. The van der Waals surface area contributed by atoms with Crippen molar-refractivity contribution in [2.45, 2.75) is 103 Å². The Morgan fingerprint density at radius 3 is 2.64 bits per heavy atom. The van der Waals surface area contributed by atoms with Crippen LogP contribution in [0.25, 0.3) is 0 Å². The number of hydrogen-bond donors (Lipinski definition) is 2. The van der Waals surface area contributed by atoms with Gasteiger partial charge in [-0.1, -0.05) is 26.0 Å². The fourth-order valence-electron chi connectivity index (χ4n) is 12.1. The Balaban J connectivity index is 0.797. The number of hydrogen-bond acceptors (Lipinski definition) is 8. The standard InChI is InChI=1S/C43H53FN6O3/c1-42-16-14-29(51)20-26(42)8-11-30-32-12-13-36(43(32,2)17-15-33(30)42)53-19-5-4-18-45-28-9-6-25(7-10-28)39-38(41-47-24-48-50(41)3)40-37-31(35(52)23-46-40)21-27(44)22-34(37)49-39/h6-7,9-10,21-22,24,26,30,32-33,36,38-39,45,49H,4-5,8,11-20,23H2,1-3H3/t26-,30-,32-,33-,36?,38+,39+,42-,43-/m0/s1. The predicted molar refractivity (Wildman–Crippen MR) is 203 cm³/mol. The number of anilines is 2. The molecule has 9 rings (SSSR count). The van der Waals surface area contributed by atoms with Crippen molar-refractivity contribution >= 4 is 28.7 Å². The number of halogens is 1. The smallest absolute Gasteiger partial charge is 0.185 e. The third-order valence-electron chi connectivity index (χ3n) is 14.9. The number of Topliss-reactive ketones (excluding diaryl/α,β-unsaturated/α-hetero) is 2. The molecule has 1 aromatic heterocycles. The Bertz CT molecular complexity index is 1940. The topological polar surface area (TPSA) is 110 Å². The lowest BCUT2D eigenvalue weighted by Crippen LogP contribution is -2.54. The lowest BCUT2D eigenvalue weighted by atomic mass is 9.45. The molecule has 2 aliphatic heterocycles. The van der Waals surface area contributed by atoms with Crippen molar-refractivity contribution in [3.63, 3.8) is 0 Å². The molecule has 4 fully saturated rings. The third-order valence-corrected chi connectivity index (χ3v) is 14.9. The third kappa shape index (κ3) is 5.85. The molecule has 3 heterocycles. The summed E-state index contributed by atoms with van der Waals surface area (Å²) in [7, 11) is 1.86. The number of carbonyl (C=O) groups is 2. The molecule has 2 N–H and O–H groups in total. The number of nitrogens with zero attached hydrogens (tertiary/aromatic N) is 4. The highest BCUT2D eigenvalue weighted by atomic mass is 19.1. The number of rotatable bonds is 9. The minimum absolute atomic E-state index is 0.00765. The first-order valence-electron chi connectivity index (χ1n) is 20.1. The summed E-state index contributed by atoms with van der Waals surface area (Å²) in [6, 6.07) is 10.9. The van der Waals surface area contributed by atoms with Gasteiger partial charge in [-0.25, -0.2) is 9.37 Å². The molecule has 0 spiro atoms. The molecule has 280 valence electrons. The van der Waals surface area contributed by atoms with Crippen LogP contribution >= 0.6 is 0 Å². The molecule has 9 atom stereocenters. The van der Waals surface area contributed by atoms with Gasteiger partial charge in [0.2, 0.25) is 0 Å². The van der Waals surface area contributed by atoms with Crippen LogP contribution in [0.2, 0.25) is 0 Å². The van der Waals surface area contributed by atoms with Crippen LogP contribution in [0, 0.1) is 40.3 Å². The van der Waals surface area contributed by atoms with Crippen molar-refractivity contribution in [2.75, 3.05) is 30.3 Å². The van der Waals surface area contributed by atoms with E-state index >= 15 is 0 Å². The zero-order chi connectivity index (χ0) is 36.5. The fraction of sp³-hybridized carbons (Fsp3) is 0.605. The van der Waals surface area contributed by atoms with E-state index in [0.717, 1.165) is 85.8 Å². The van der Waals surface area contributed by atoms with E-state index in [1.807, 2.05) is 7.05 Å². The largest absolute Gasteiger partial charge is 0.385 e. The van der Waals surface area contributed by atoms with Gasteiger partial charge in [0.05, 0.1) is 23.8 Å². The molecule has 3 aromatic rings. The highest BCUT2D eigenvalue weighted by molar-refractivity contribution is 6.21. The first kappa shape index (κ1) is 34.8. The second kappa shape index (κ2) is 13.4. The van der Waals surface area contributed by atoms with E-state index in [4.69, 9.17) is 9.73 Å². The number of unbranched alkanes of at least 4 members (excludes halogenated alkanes) is 1. The zero-order valence-electron chi connectivity index (χ0n) is 31.4. The molecule has 0 radical (unpaired) electrons. The van der Waals surface area contributed by atoms with Crippen molar-refractivity contribution < 1.29 is 18.7 Å². The SMILES string of the molecule is Cn1ncnc1[C@H]1C2=NCC(=O)c3cc(F)cc(c32)N[C@@H]1c1ccc(NCCCCOC2CC[C@H]3[C@@H]4CC[C@H]5CC(=O)CC[C@]5(C)[C@H]4CC[C@]23C)cc1. The van der Waals surface area contributed by atoms with E-state index in [1.165, 1.54) is 57.0 Å². The molecule has 0 saturated heterocycles. The molecule has 4 saturated carbocycles. The Hall–Kier alpha value is -3.92. The average Bonchev–Trinajstić information content (AvgIpc) is 3.73. The molecule has 1 unspecified atom stereocenters. The maximum atomic E-state index is 14.7. The number of nitrogens with one attached hydrogen (secondary N) is 2. The van der Waals surface area contributed by atoms with Crippen molar-refractivity contribution in [1.29, 1.82) is 0 Å². The van der Waals surface area contributed by atoms with Crippen LogP contribution in [0.4, 0.5) is 15.8 Å². The van der Waals surface area contributed by atoms with Gasteiger partial charge in [-0.05, 0) is 122 Å². The Morgan fingerprint density at radius 1 is 1.00 bits per heavy atom. The number of aliphatic imine (C=N–C) groups is 1. The highest BCUT2D eigenvalue weighted by Crippen LogP contribution is 2.66. The minimum atomic E-state index is -0.443. The fourth-order valence-corrected chi connectivity index (χ4v) is 12.1. The number of fused-ring (bicyclic) bond motifs is 5. The molecule has 10 heteroatoms. The molecular formula is C43H53FN6O3. The molecular weight excluding hydrogens is 668 g/mol. The molecule has 53 heavy (non-hydrogen) atoms. The summed E-state index contributed by atoms with van der Waals surface area (Å²) in [6.07, 6.45) is 14.3. The molecule has 0 amide bonds. The van der Waals surface area contributed by atoms with Crippen molar-refractivity contribution in [3.05, 3.63) is 71.1 Å². The van der Waals surface area contributed by atoms with Gasteiger partial charge >= 0.3 is 0 Å². The highest BCUT2D eigenvalue weighted by Gasteiger charge is 2.60. The molecule has 0 bridgehead atoms. The summed E-state index contributed by atoms with van der Waals surface area (Å²) < 4.78 is 23.1. The maximum Gasteiger partial charge on any atom is 0.185 e. The number of ketones is 2. The van der Waals surface area contributed by atoms with Crippen molar-refractivity contribution in [1.82, 2.24) is 14.8 Å². The summed E-state index contributed by atoms with van der Waals surface area (Å²) in [5, 5.41) is 11.5. The second-order valence-corrected chi connectivity index (χ2v) is 17.5. The van der Waals surface area contributed by atoms with Gasteiger partial charge in [-0.2, -0.15) is 5.10 Å². The van der Waals surface area contributed by atoms with Crippen LogP contribution in [0.5, 0.6) is 0 Å². The molecule has 4 aliphatic carbocycles. The van der Waals surface area contributed by atoms with Gasteiger partial charge < -0.3 is 15.4 Å². The van der Waals surface area contributed by atoms with Crippen LogP contribution in [-0.2, 0) is 16.6 Å². The number of ether oxygens (including phenoxy) is 1. The van der Waals surface area contributed by atoms with E-state index in [-0.39, 0.29) is 29.7 Å². The van der Waals surface area contributed by atoms with Gasteiger partial charge in [0, 0.05) is 55.5 Å². The summed E-state index contributed by atoms with van der Waals surface area (Å²) >= 11 is 0. The van der Waals surface area contributed by atoms with E-state index in [1.54, 1.807) is 4.68 Å². The van der Waals surface area contributed by atoms with Gasteiger partial charge in [-0.15, -0.1) is 0 Å². The van der Waals surface area contributed by atoms with Gasteiger partial charge in [0.25, 0.3) is 0 Å². The van der Waals surface area contributed by atoms with Gasteiger partial charge in [0.1, 0.15) is 30.3 Å². The average molecular weight is 721 g/mol. The lowest BCUT2D eigenvalue weighted by Gasteiger charge is -2.60. The van der Waals surface area contributed by atoms with E-state index in [0.29, 0.717) is 40.0 Å². The maximum absolute atomic E-state index is 14.7. The van der Waals surface area contributed by atoms with Gasteiger partial charge in [0.15, 0.2) is 5.78 Å². The molecule has 9 nitrogen and oxygen atoms in total. The summed E-state index contributed by atoms with van der Waals surface area (Å²) in [5.74, 6) is 3.27. The summed E-state index contributed by atoms with van der Waals surface area (Å²) in [4.78, 5) is 34.3. The van der Waals surface area contributed by atoms with Crippen LogP contribution in [0.15, 0.2) is 47.7 Å². The van der Waals surface area contributed by atoms with E-state index in [9.17, 15) is 14.0 Å². The number of aromatic nitrogens is 3. The van der Waals surface area contributed by atoms with Crippen molar-refractivity contribution in [3.8, 4) is 0 Å². The monoisotopic (exact) mass is 720 g/mol. The minimum Gasteiger partial charge on any atom is -0.385 e. The summed E-state index contributed by atoms with van der Waals surface area (Å²) in [5.41, 5.74) is 5.06. The van der Waals surface area contributed by atoms with E-state index < -0.39 is 5.82 Å². The first-order valence-corrected chi connectivity index (χ1v) is 20.1. The molecule has 6 aliphatic rings. The second-order valence-electron chi connectivity index (χ2n) is 17.5. The normalized spacial score (nSPS) is 34.3. The van der Waals surface area contributed by atoms with Gasteiger partial charge in [-0.3, -0.25) is 19.3 Å². The first-order chi connectivity index (χ1) is 25.6. The van der Waals surface area contributed by atoms with Crippen LogP contribution in [0.3, 0.4) is 0 Å².